The normalized spacial score (nSPS) is 17.5. The number of nitrogens with zero attached hydrogens (tertiary/aromatic N) is 3. The van der Waals surface area contributed by atoms with Crippen molar-refractivity contribution in [2.24, 2.45) is 0 Å². The Bertz CT molecular complexity index is 1050. The van der Waals surface area contributed by atoms with Gasteiger partial charge < -0.3 is 14.3 Å². The molecule has 0 saturated carbocycles. The van der Waals surface area contributed by atoms with Crippen molar-refractivity contribution in [3.05, 3.63) is 60.2 Å². The summed E-state index contributed by atoms with van der Waals surface area (Å²) in [4.78, 5) is 23.1. The van der Waals surface area contributed by atoms with E-state index in [1.165, 1.54) is 0 Å². The number of hydrogen-bond donors (Lipinski definition) is 2. The molecule has 1 aliphatic heterocycles. The number of aromatic amines is 2. The topological polar surface area (TPSA) is 90.8 Å². The summed E-state index contributed by atoms with van der Waals surface area (Å²) in [6, 6.07) is 13.2. The minimum Gasteiger partial charge on any atom is -0.463 e. The summed E-state index contributed by atoms with van der Waals surface area (Å²) in [7, 11) is 0. The van der Waals surface area contributed by atoms with Gasteiger partial charge >= 0.3 is 0 Å². The first kappa shape index (κ1) is 15.9. The lowest BCUT2D eigenvalue weighted by molar-refractivity contribution is 0.0595. The van der Waals surface area contributed by atoms with Crippen molar-refractivity contribution in [1.82, 2.24) is 25.1 Å². The second-order valence-electron chi connectivity index (χ2n) is 6.79. The van der Waals surface area contributed by atoms with Crippen LogP contribution in [0.2, 0.25) is 0 Å². The van der Waals surface area contributed by atoms with Crippen LogP contribution in [0.4, 0.5) is 0 Å². The minimum absolute atomic E-state index is 0.0672. The second kappa shape index (κ2) is 6.42. The number of piperidine rings is 1. The molecule has 4 heterocycles. The number of carbonyl (C=O) groups excluding carboxylic acids is 1. The molecular weight excluding hydrogens is 342 g/mol. The minimum atomic E-state index is -0.0887. The standard InChI is InChI=1S/C20H19N5O2/c26-20(16-12-15(23-24-16)18-9-5-11-27-18)25-10-4-3-8-17(25)19-21-13-6-1-2-7-14(13)22-19/h1-2,5-7,9,11-12,17H,3-4,8,10H2,(H,21,22)(H,23,24). The van der Waals surface area contributed by atoms with Crippen molar-refractivity contribution in [2.45, 2.75) is 25.3 Å². The first-order valence-corrected chi connectivity index (χ1v) is 9.14. The molecule has 1 atom stereocenters. The molecule has 1 aliphatic rings. The van der Waals surface area contributed by atoms with Crippen LogP contribution in [0, 0.1) is 0 Å². The molecular formula is C20H19N5O2. The Morgan fingerprint density at radius 2 is 2.11 bits per heavy atom. The maximum atomic E-state index is 13.2. The molecule has 3 aromatic heterocycles. The van der Waals surface area contributed by atoms with E-state index in [1.807, 2.05) is 35.2 Å². The number of nitrogens with one attached hydrogen (secondary N) is 2. The lowest BCUT2D eigenvalue weighted by Crippen LogP contribution is -2.39. The zero-order valence-corrected chi connectivity index (χ0v) is 14.7. The number of carbonyl (C=O) groups is 1. The predicted molar refractivity (Wildman–Crippen MR) is 100 cm³/mol. The average Bonchev–Trinajstić information content (AvgIpc) is 3.47. The maximum absolute atomic E-state index is 13.2. The van der Waals surface area contributed by atoms with Crippen molar-refractivity contribution in [2.75, 3.05) is 6.54 Å². The fourth-order valence-corrected chi connectivity index (χ4v) is 3.73. The molecule has 1 amide bonds. The Morgan fingerprint density at radius 1 is 1.19 bits per heavy atom. The second-order valence-corrected chi connectivity index (χ2v) is 6.79. The first-order valence-electron chi connectivity index (χ1n) is 9.14. The van der Waals surface area contributed by atoms with Crippen LogP contribution in [0.3, 0.4) is 0 Å². The highest BCUT2D eigenvalue weighted by Gasteiger charge is 2.32. The predicted octanol–water partition coefficient (Wildman–Crippen LogP) is 3.91. The molecule has 0 spiro atoms. The summed E-state index contributed by atoms with van der Waals surface area (Å²) in [5.74, 6) is 1.41. The van der Waals surface area contributed by atoms with Crippen molar-refractivity contribution in [1.29, 1.82) is 0 Å². The molecule has 7 heteroatoms. The van der Waals surface area contributed by atoms with E-state index in [-0.39, 0.29) is 11.9 Å². The zero-order chi connectivity index (χ0) is 18.2. The molecule has 27 heavy (non-hydrogen) atoms. The lowest BCUT2D eigenvalue weighted by Gasteiger charge is -2.34. The fourth-order valence-electron chi connectivity index (χ4n) is 3.73. The van der Waals surface area contributed by atoms with Crippen LogP contribution < -0.4 is 0 Å². The molecule has 0 bridgehead atoms. The van der Waals surface area contributed by atoms with Crippen LogP contribution in [0.5, 0.6) is 0 Å². The first-order chi connectivity index (χ1) is 13.3. The summed E-state index contributed by atoms with van der Waals surface area (Å²) in [6.07, 6.45) is 4.54. The smallest absolute Gasteiger partial charge is 0.274 e. The highest BCUT2D eigenvalue weighted by Crippen LogP contribution is 2.32. The number of hydrogen-bond acceptors (Lipinski definition) is 4. The molecule has 0 radical (unpaired) electrons. The third-order valence-electron chi connectivity index (χ3n) is 5.07. The van der Waals surface area contributed by atoms with Crippen molar-refractivity contribution >= 4 is 16.9 Å². The van der Waals surface area contributed by atoms with Crippen LogP contribution in [-0.2, 0) is 0 Å². The number of rotatable bonds is 3. The molecule has 7 nitrogen and oxygen atoms in total. The van der Waals surface area contributed by atoms with Crippen molar-refractivity contribution in [3.63, 3.8) is 0 Å². The summed E-state index contributed by atoms with van der Waals surface area (Å²) in [5, 5.41) is 7.10. The van der Waals surface area contributed by atoms with E-state index < -0.39 is 0 Å². The van der Waals surface area contributed by atoms with Crippen molar-refractivity contribution in [3.8, 4) is 11.5 Å². The van der Waals surface area contributed by atoms with Gasteiger partial charge in [0, 0.05) is 12.6 Å². The number of furan rings is 1. The largest absolute Gasteiger partial charge is 0.463 e. The van der Waals surface area contributed by atoms with Gasteiger partial charge in [-0.05, 0) is 43.5 Å². The van der Waals surface area contributed by atoms with Gasteiger partial charge in [0.25, 0.3) is 5.91 Å². The van der Waals surface area contributed by atoms with Crippen LogP contribution in [0.1, 0.15) is 41.6 Å². The lowest BCUT2D eigenvalue weighted by atomic mass is 10.0. The van der Waals surface area contributed by atoms with Crippen LogP contribution in [0.25, 0.3) is 22.5 Å². The molecule has 136 valence electrons. The Balaban J connectivity index is 1.45. The molecule has 5 rings (SSSR count). The van der Waals surface area contributed by atoms with Crippen LogP contribution >= 0.6 is 0 Å². The van der Waals surface area contributed by atoms with Gasteiger partial charge in [0.1, 0.15) is 11.5 Å². The fraction of sp³-hybridized carbons (Fsp3) is 0.250. The van der Waals surface area contributed by atoms with Crippen LogP contribution in [-0.4, -0.2) is 37.5 Å². The van der Waals surface area contributed by atoms with Gasteiger partial charge in [-0.25, -0.2) is 4.98 Å². The number of amides is 1. The summed E-state index contributed by atoms with van der Waals surface area (Å²) >= 11 is 0. The molecule has 2 N–H and O–H groups in total. The Kier molecular flexibility index (Phi) is 3.78. The van der Waals surface area contributed by atoms with E-state index in [4.69, 9.17) is 9.40 Å². The Labute approximate surface area is 155 Å². The van der Waals surface area contributed by atoms with E-state index >= 15 is 0 Å². The summed E-state index contributed by atoms with van der Waals surface area (Å²) in [6.45, 7) is 0.698. The quantitative estimate of drug-likeness (QED) is 0.579. The number of fused-ring (bicyclic) bond motifs is 1. The SMILES string of the molecule is O=C(c1cc(-c2ccco2)[nH]n1)N1CCCCC1c1nc2ccccc2[nH]1. The molecule has 1 aromatic carbocycles. The number of H-pyrrole nitrogens is 2. The molecule has 1 unspecified atom stereocenters. The number of benzene rings is 1. The molecule has 4 aromatic rings. The molecule has 0 aliphatic carbocycles. The van der Waals surface area contributed by atoms with E-state index in [0.29, 0.717) is 23.7 Å². The van der Waals surface area contributed by atoms with Gasteiger partial charge in [-0.15, -0.1) is 0 Å². The van der Waals surface area contributed by atoms with Gasteiger partial charge in [-0.1, -0.05) is 12.1 Å². The average molecular weight is 361 g/mol. The third-order valence-corrected chi connectivity index (χ3v) is 5.07. The van der Waals surface area contributed by atoms with E-state index in [9.17, 15) is 4.79 Å². The maximum Gasteiger partial charge on any atom is 0.274 e. The summed E-state index contributed by atoms with van der Waals surface area (Å²) in [5.41, 5.74) is 3.00. The van der Waals surface area contributed by atoms with Gasteiger partial charge in [-0.2, -0.15) is 5.10 Å². The van der Waals surface area contributed by atoms with Gasteiger partial charge in [-0.3, -0.25) is 9.89 Å². The van der Waals surface area contributed by atoms with E-state index in [1.54, 1.807) is 18.4 Å². The Morgan fingerprint density at radius 3 is 2.96 bits per heavy atom. The Hall–Kier alpha value is -3.35. The van der Waals surface area contributed by atoms with E-state index in [2.05, 4.69) is 15.2 Å². The molecule has 1 fully saturated rings. The zero-order valence-electron chi connectivity index (χ0n) is 14.7. The highest BCUT2D eigenvalue weighted by molar-refractivity contribution is 5.93. The number of para-hydroxylation sites is 2. The van der Waals surface area contributed by atoms with Gasteiger partial charge in [0.15, 0.2) is 11.5 Å². The van der Waals surface area contributed by atoms with Gasteiger partial charge in [0.05, 0.1) is 23.3 Å². The number of likely N-dealkylation sites (tertiary alicyclic amines) is 1. The number of aromatic nitrogens is 4. The number of imidazole rings is 1. The van der Waals surface area contributed by atoms with Gasteiger partial charge in [0.2, 0.25) is 0 Å². The van der Waals surface area contributed by atoms with Crippen molar-refractivity contribution < 1.29 is 9.21 Å². The summed E-state index contributed by atoms with van der Waals surface area (Å²) < 4.78 is 5.37. The third kappa shape index (κ3) is 2.81. The monoisotopic (exact) mass is 361 g/mol. The van der Waals surface area contributed by atoms with Crippen LogP contribution in [0.15, 0.2) is 53.1 Å². The van der Waals surface area contributed by atoms with E-state index in [0.717, 1.165) is 36.1 Å². The molecule has 1 saturated heterocycles. The highest BCUT2D eigenvalue weighted by atomic mass is 16.3.